The highest BCUT2D eigenvalue weighted by molar-refractivity contribution is 7.93. The number of carbonyl (C=O) groups excluding carboxylic acids is 1. The molecule has 0 aromatic heterocycles. The zero-order valence-corrected chi connectivity index (χ0v) is 22.7. The van der Waals surface area contributed by atoms with Crippen molar-refractivity contribution in [3.63, 3.8) is 0 Å². The number of nitrogens with one attached hydrogen (secondary N) is 2. The number of rotatable bonds is 7. The molecule has 1 aliphatic heterocycles. The first-order chi connectivity index (χ1) is 18.6. The third kappa shape index (κ3) is 5.18. The zero-order chi connectivity index (χ0) is 27.8. The molecule has 0 saturated heterocycles. The van der Waals surface area contributed by atoms with Crippen molar-refractivity contribution in [2.24, 2.45) is 0 Å². The molecule has 1 aliphatic rings. The third-order valence-electron chi connectivity index (χ3n) is 6.24. The highest BCUT2D eigenvalue weighted by Crippen LogP contribution is 2.43. The van der Waals surface area contributed by atoms with Gasteiger partial charge in [0, 0.05) is 22.5 Å². The third-order valence-corrected chi connectivity index (χ3v) is 9.46. The average Bonchev–Trinajstić information content (AvgIpc) is 2.92. The van der Waals surface area contributed by atoms with Crippen LogP contribution in [0.2, 0.25) is 0 Å². The van der Waals surface area contributed by atoms with Crippen molar-refractivity contribution in [2.75, 3.05) is 28.0 Å². The summed E-state index contributed by atoms with van der Waals surface area (Å²) >= 11 is 0. The van der Waals surface area contributed by atoms with Gasteiger partial charge in [0.25, 0.3) is 20.0 Å². The average molecular weight is 564 g/mol. The van der Waals surface area contributed by atoms with E-state index in [9.17, 15) is 21.6 Å². The number of amides is 1. The van der Waals surface area contributed by atoms with Crippen LogP contribution in [-0.4, -0.2) is 36.4 Å². The van der Waals surface area contributed by atoms with Gasteiger partial charge in [-0.05, 0) is 73.7 Å². The smallest absolute Gasteiger partial charge is 0.265 e. The van der Waals surface area contributed by atoms with Crippen molar-refractivity contribution >= 4 is 43.0 Å². The molecule has 1 heterocycles. The van der Waals surface area contributed by atoms with Crippen molar-refractivity contribution in [3.05, 3.63) is 96.6 Å². The van der Waals surface area contributed by atoms with E-state index in [4.69, 9.17) is 4.74 Å². The molecule has 0 fully saturated rings. The molecule has 4 aromatic carbocycles. The van der Waals surface area contributed by atoms with Gasteiger partial charge < -0.3 is 10.1 Å². The fourth-order valence-electron chi connectivity index (χ4n) is 4.34. The maximum Gasteiger partial charge on any atom is 0.265 e. The van der Waals surface area contributed by atoms with Crippen LogP contribution in [0.5, 0.6) is 5.75 Å². The number of methoxy groups -OCH3 is 1. The molecule has 200 valence electrons. The number of ether oxygens (including phenoxy) is 1. The molecule has 0 saturated carbocycles. The summed E-state index contributed by atoms with van der Waals surface area (Å²) in [5, 5.41) is 2.66. The van der Waals surface area contributed by atoms with Crippen molar-refractivity contribution < 1.29 is 26.4 Å². The minimum absolute atomic E-state index is 0.00386. The van der Waals surface area contributed by atoms with Gasteiger partial charge in [-0.25, -0.2) is 16.8 Å². The van der Waals surface area contributed by atoms with Crippen LogP contribution in [0.3, 0.4) is 0 Å². The van der Waals surface area contributed by atoms with Gasteiger partial charge in [-0.1, -0.05) is 29.8 Å². The summed E-state index contributed by atoms with van der Waals surface area (Å²) in [6, 6.07) is 24.1. The van der Waals surface area contributed by atoms with E-state index in [1.807, 2.05) is 13.0 Å². The summed E-state index contributed by atoms with van der Waals surface area (Å²) < 4.78 is 61.1. The first-order valence-corrected chi connectivity index (χ1v) is 14.8. The summed E-state index contributed by atoms with van der Waals surface area (Å²) in [4.78, 5) is 13.1. The van der Waals surface area contributed by atoms with Crippen LogP contribution in [0.15, 0.2) is 101 Å². The Balaban J connectivity index is 1.33. The van der Waals surface area contributed by atoms with E-state index in [0.717, 1.165) is 15.4 Å². The van der Waals surface area contributed by atoms with Gasteiger partial charge >= 0.3 is 0 Å². The summed E-state index contributed by atoms with van der Waals surface area (Å²) in [6.07, 6.45) is 0. The fourth-order valence-corrected chi connectivity index (χ4v) is 7.04. The predicted octanol–water partition coefficient (Wildman–Crippen LogP) is 4.62. The molecule has 5 rings (SSSR count). The summed E-state index contributed by atoms with van der Waals surface area (Å²) in [5.74, 6) is 0.0228. The number of benzene rings is 4. The number of hydrogen-bond acceptors (Lipinski definition) is 6. The molecular weight excluding hydrogens is 538 g/mol. The van der Waals surface area contributed by atoms with Crippen LogP contribution < -0.4 is 19.1 Å². The summed E-state index contributed by atoms with van der Waals surface area (Å²) in [5.41, 5.74) is 3.39. The number of sulfonamides is 2. The first kappa shape index (κ1) is 26.3. The lowest BCUT2D eigenvalue weighted by Gasteiger charge is -2.31. The van der Waals surface area contributed by atoms with E-state index in [1.54, 1.807) is 54.6 Å². The minimum Gasteiger partial charge on any atom is -0.497 e. The van der Waals surface area contributed by atoms with Crippen LogP contribution in [-0.2, 0) is 24.8 Å². The van der Waals surface area contributed by atoms with Crippen molar-refractivity contribution in [1.82, 2.24) is 0 Å². The van der Waals surface area contributed by atoms with Gasteiger partial charge in [0.15, 0.2) is 0 Å². The SMILES string of the molecule is COc1ccc(NS(=O)(=O)c2ccc(NC(=O)CN3c4ccc(C)cc4-c4ccccc4S3(=O)=O)cc2)cc1. The largest absolute Gasteiger partial charge is 0.497 e. The van der Waals surface area contributed by atoms with E-state index < -0.39 is 32.5 Å². The Morgan fingerprint density at radius 1 is 0.872 bits per heavy atom. The van der Waals surface area contributed by atoms with Crippen molar-refractivity contribution in [3.8, 4) is 16.9 Å². The molecule has 4 aromatic rings. The van der Waals surface area contributed by atoms with Crippen molar-refractivity contribution in [2.45, 2.75) is 16.7 Å². The highest BCUT2D eigenvalue weighted by atomic mass is 32.2. The second kappa shape index (κ2) is 10.1. The molecule has 0 unspecified atom stereocenters. The number of anilines is 3. The molecule has 11 heteroatoms. The second-order valence-corrected chi connectivity index (χ2v) is 12.4. The standard InChI is InChI=1S/C28H25N3O6S2/c1-19-7-16-26-25(17-19)24-5-3-4-6-27(24)39(35,36)31(26)18-28(32)29-20-10-14-23(15-11-20)38(33,34)30-21-8-12-22(37-2)13-9-21/h3-17,30H,18H2,1-2H3,(H,29,32). The summed E-state index contributed by atoms with van der Waals surface area (Å²) in [6.45, 7) is 1.46. The molecule has 2 N–H and O–H groups in total. The molecule has 0 spiro atoms. The molecular formula is C28H25N3O6S2. The van der Waals surface area contributed by atoms with E-state index in [0.29, 0.717) is 28.4 Å². The van der Waals surface area contributed by atoms with Crippen LogP contribution in [0.4, 0.5) is 17.1 Å². The van der Waals surface area contributed by atoms with Gasteiger partial charge in [-0.2, -0.15) is 0 Å². The molecule has 0 aliphatic carbocycles. The van der Waals surface area contributed by atoms with Gasteiger partial charge in [-0.3, -0.25) is 13.8 Å². The lowest BCUT2D eigenvalue weighted by molar-refractivity contribution is -0.114. The Kier molecular flexibility index (Phi) is 6.79. The number of nitrogens with zero attached hydrogens (tertiary/aromatic N) is 1. The second-order valence-electron chi connectivity index (χ2n) is 8.93. The topological polar surface area (TPSA) is 122 Å². The van der Waals surface area contributed by atoms with Gasteiger partial charge in [0.2, 0.25) is 5.91 Å². The van der Waals surface area contributed by atoms with Crippen LogP contribution in [0, 0.1) is 6.92 Å². The molecule has 39 heavy (non-hydrogen) atoms. The molecule has 0 radical (unpaired) electrons. The highest BCUT2D eigenvalue weighted by Gasteiger charge is 2.35. The zero-order valence-electron chi connectivity index (χ0n) is 21.1. The minimum atomic E-state index is -3.98. The monoisotopic (exact) mass is 563 g/mol. The lowest BCUT2D eigenvalue weighted by atomic mass is 10.0. The van der Waals surface area contributed by atoms with Gasteiger partial charge in [0.1, 0.15) is 12.3 Å². The maximum absolute atomic E-state index is 13.4. The van der Waals surface area contributed by atoms with E-state index in [2.05, 4.69) is 10.0 Å². The number of carbonyl (C=O) groups is 1. The van der Waals surface area contributed by atoms with E-state index in [1.165, 1.54) is 37.4 Å². The number of aryl methyl sites for hydroxylation is 1. The molecule has 1 amide bonds. The molecule has 0 atom stereocenters. The number of hydrogen-bond donors (Lipinski definition) is 2. The van der Waals surface area contributed by atoms with Crippen LogP contribution in [0.1, 0.15) is 5.56 Å². The normalized spacial score (nSPS) is 13.6. The Morgan fingerprint density at radius 2 is 1.54 bits per heavy atom. The Bertz CT molecular complexity index is 1770. The predicted molar refractivity (Wildman–Crippen MR) is 150 cm³/mol. The lowest BCUT2D eigenvalue weighted by Crippen LogP contribution is -2.40. The Labute approximate surface area is 227 Å². The van der Waals surface area contributed by atoms with Crippen LogP contribution in [0.25, 0.3) is 11.1 Å². The Morgan fingerprint density at radius 3 is 2.23 bits per heavy atom. The van der Waals surface area contributed by atoms with Gasteiger partial charge in [-0.15, -0.1) is 0 Å². The van der Waals surface area contributed by atoms with E-state index in [-0.39, 0.29) is 9.79 Å². The number of fused-ring (bicyclic) bond motifs is 3. The first-order valence-electron chi connectivity index (χ1n) is 11.9. The molecule has 0 bridgehead atoms. The maximum atomic E-state index is 13.4. The Hall–Kier alpha value is -4.35. The van der Waals surface area contributed by atoms with Crippen molar-refractivity contribution in [1.29, 1.82) is 0 Å². The van der Waals surface area contributed by atoms with Crippen LogP contribution >= 0.6 is 0 Å². The summed E-state index contributed by atoms with van der Waals surface area (Å²) in [7, 11) is -6.33. The fraction of sp³-hybridized carbons (Fsp3) is 0.107. The van der Waals surface area contributed by atoms with E-state index >= 15 is 0 Å². The van der Waals surface area contributed by atoms with Gasteiger partial charge in [0.05, 0.1) is 22.6 Å². The quantitative estimate of drug-likeness (QED) is 0.339. The molecule has 9 nitrogen and oxygen atoms in total.